The van der Waals surface area contributed by atoms with Crippen molar-refractivity contribution < 1.29 is 14.6 Å². The fourth-order valence-corrected chi connectivity index (χ4v) is 2.53. The van der Waals surface area contributed by atoms with Crippen molar-refractivity contribution in [3.05, 3.63) is 21.3 Å². The molecule has 0 aliphatic carbocycles. The van der Waals surface area contributed by atoms with E-state index in [1.165, 1.54) is 11.3 Å². The van der Waals surface area contributed by atoms with Gasteiger partial charge >= 0.3 is 5.97 Å². The molecule has 1 aliphatic rings. The number of carbonyl (C=O) groups is 1. The molecular weight excluding hydrogens is 238 g/mol. The van der Waals surface area contributed by atoms with Crippen LogP contribution in [0.1, 0.15) is 11.0 Å². The maximum atomic E-state index is 10.6. The van der Waals surface area contributed by atoms with Gasteiger partial charge in [0.15, 0.2) is 0 Å². The highest BCUT2D eigenvalue weighted by molar-refractivity contribution is 7.16. The third-order valence-corrected chi connectivity index (χ3v) is 3.55. The van der Waals surface area contributed by atoms with Crippen LogP contribution in [0, 0.1) is 0 Å². The monoisotopic (exact) mass is 247 g/mol. The smallest absolute Gasteiger partial charge is 0.323 e. The summed E-state index contributed by atoms with van der Waals surface area (Å²) in [6.07, 6.45) is -0.0851. The average Bonchev–Trinajstić information content (AvgIpc) is 2.65. The maximum Gasteiger partial charge on any atom is 0.323 e. The molecule has 0 aromatic carbocycles. The van der Waals surface area contributed by atoms with E-state index in [2.05, 4.69) is 5.32 Å². The lowest BCUT2D eigenvalue weighted by Crippen LogP contribution is -2.47. The number of halogens is 1. The Hall–Kier alpha value is -0.620. The molecule has 1 fully saturated rings. The maximum absolute atomic E-state index is 10.6. The minimum Gasteiger partial charge on any atom is -0.480 e. The lowest BCUT2D eigenvalue weighted by Gasteiger charge is -2.27. The van der Waals surface area contributed by atoms with E-state index in [0.29, 0.717) is 10.9 Å². The fraction of sp³-hybridized carbons (Fsp3) is 0.444. The van der Waals surface area contributed by atoms with Crippen molar-refractivity contribution >= 4 is 28.9 Å². The number of hydrogen-bond acceptors (Lipinski definition) is 4. The van der Waals surface area contributed by atoms with Crippen LogP contribution >= 0.6 is 22.9 Å². The second-order valence-electron chi connectivity index (χ2n) is 3.26. The number of thiophene rings is 1. The van der Waals surface area contributed by atoms with Gasteiger partial charge in [-0.3, -0.25) is 10.1 Å². The van der Waals surface area contributed by atoms with Crippen LogP contribution in [-0.4, -0.2) is 30.3 Å². The first-order valence-electron chi connectivity index (χ1n) is 4.50. The Morgan fingerprint density at radius 3 is 2.93 bits per heavy atom. The van der Waals surface area contributed by atoms with Gasteiger partial charge in [0.25, 0.3) is 0 Å². The van der Waals surface area contributed by atoms with Crippen LogP contribution in [0.4, 0.5) is 0 Å². The van der Waals surface area contributed by atoms with Gasteiger partial charge in [0.2, 0.25) is 0 Å². The number of aliphatic carboxylic acids is 1. The molecule has 0 saturated carbocycles. The highest BCUT2D eigenvalue weighted by Crippen LogP contribution is 2.29. The molecule has 82 valence electrons. The van der Waals surface area contributed by atoms with Gasteiger partial charge in [0.05, 0.1) is 10.9 Å². The van der Waals surface area contributed by atoms with Gasteiger partial charge in [-0.15, -0.1) is 11.3 Å². The Kier molecular flexibility index (Phi) is 3.25. The first-order chi connectivity index (χ1) is 7.16. The topological polar surface area (TPSA) is 58.6 Å². The van der Waals surface area contributed by atoms with Gasteiger partial charge in [-0.25, -0.2) is 0 Å². The Bertz CT molecular complexity index is 360. The molecule has 2 N–H and O–H groups in total. The summed E-state index contributed by atoms with van der Waals surface area (Å²) in [5.74, 6) is -0.877. The second kappa shape index (κ2) is 4.49. The Labute approximate surface area is 95.8 Å². The van der Waals surface area contributed by atoms with E-state index < -0.39 is 12.0 Å². The summed E-state index contributed by atoms with van der Waals surface area (Å²) < 4.78 is 6.18. The minimum atomic E-state index is -0.877. The van der Waals surface area contributed by atoms with Crippen LogP contribution in [-0.2, 0) is 9.53 Å². The average molecular weight is 248 g/mol. The second-order valence-corrected chi connectivity index (χ2v) is 5.01. The van der Waals surface area contributed by atoms with Gasteiger partial charge in [-0.2, -0.15) is 0 Å². The number of carboxylic acid groups (broad SMARTS) is 1. The van der Waals surface area contributed by atoms with Crippen molar-refractivity contribution in [2.45, 2.75) is 12.1 Å². The number of rotatable bonds is 2. The number of nitrogens with one attached hydrogen (secondary N) is 1. The molecule has 6 heteroatoms. The highest BCUT2D eigenvalue weighted by atomic mass is 35.5. The summed E-state index contributed by atoms with van der Waals surface area (Å²) >= 11 is 7.26. The zero-order valence-corrected chi connectivity index (χ0v) is 9.35. The van der Waals surface area contributed by atoms with Crippen LogP contribution in [0.3, 0.4) is 0 Å². The van der Waals surface area contributed by atoms with Crippen molar-refractivity contribution in [2.24, 2.45) is 0 Å². The molecule has 1 aromatic rings. The number of ether oxygens (including phenoxy) is 1. The minimum absolute atomic E-state index is 0.0851. The summed E-state index contributed by atoms with van der Waals surface area (Å²) in [5, 5.41) is 11.7. The van der Waals surface area contributed by atoms with E-state index in [-0.39, 0.29) is 12.7 Å². The summed E-state index contributed by atoms with van der Waals surface area (Å²) in [6.45, 7) is 0.698. The molecule has 4 nitrogen and oxygen atoms in total. The lowest BCUT2D eigenvalue weighted by atomic mass is 10.2. The molecule has 0 bridgehead atoms. The predicted octanol–water partition coefficient (Wildman–Crippen LogP) is 1.52. The van der Waals surface area contributed by atoms with Crippen LogP contribution < -0.4 is 5.32 Å². The normalized spacial score (nSPS) is 26.5. The first-order valence-corrected chi connectivity index (χ1v) is 5.69. The Morgan fingerprint density at radius 2 is 2.47 bits per heavy atom. The molecule has 2 rings (SSSR count). The highest BCUT2D eigenvalue weighted by Gasteiger charge is 2.27. The number of carboxylic acids is 1. The zero-order chi connectivity index (χ0) is 10.8. The molecule has 1 aromatic heterocycles. The Balaban J connectivity index is 1.96. The van der Waals surface area contributed by atoms with Crippen LogP contribution in [0.2, 0.25) is 4.34 Å². The van der Waals surface area contributed by atoms with Crippen molar-refractivity contribution in [2.75, 3.05) is 13.2 Å². The Morgan fingerprint density at radius 1 is 1.67 bits per heavy atom. The zero-order valence-electron chi connectivity index (χ0n) is 7.77. The quantitative estimate of drug-likeness (QED) is 0.832. The molecule has 0 amide bonds. The summed E-state index contributed by atoms with van der Waals surface area (Å²) in [5.41, 5.74) is 0. The first kappa shape index (κ1) is 10.9. The molecule has 0 radical (unpaired) electrons. The third-order valence-electron chi connectivity index (χ3n) is 2.22. The molecule has 2 heterocycles. The van der Waals surface area contributed by atoms with Crippen molar-refractivity contribution in [3.8, 4) is 0 Å². The molecule has 1 aliphatic heterocycles. The van der Waals surface area contributed by atoms with Gasteiger partial charge in [-0.1, -0.05) is 11.6 Å². The van der Waals surface area contributed by atoms with Crippen molar-refractivity contribution in [3.63, 3.8) is 0 Å². The van der Waals surface area contributed by atoms with E-state index in [0.717, 1.165) is 4.88 Å². The molecule has 2 unspecified atom stereocenters. The molecule has 1 saturated heterocycles. The van der Waals surface area contributed by atoms with E-state index in [4.69, 9.17) is 21.4 Å². The largest absolute Gasteiger partial charge is 0.480 e. The SMILES string of the molecule is O=C(O)C1COC(c2ccc(Cl)s2)CN1. The van der Waals surface area contributed by atoms with Crippen LogP contribution in [0.25, 0.3) is 0 Å². The van der Waals surface area contributed by atoms with Gasteiger partial charge < -0.3 is 9.84 Å². The van der Waals surface area contributed by atoms with Crippen LogP contribution in [0.5, 0.6) is 0 Å². The summed E-state index contributed by atoms with van der Waals surface area (Å²) in [6, 6.07) is 3.12. The molecule has 0 spiro atoms. The fourth-order valence-electron chi connectivity index (χ4n) is 1.42. The van der Waals surface area contributed by atoms with Gasteiger partial charge in [0, 0.05) is 11.4 Å². The lowest BCUT2D eigenvalue weighted by molar-refractivity contribution is -0.144. The molecule has 2 atom stereocenters. The van der Waals surface area contributed by atoms with E-state index in [1.807, 2.05) is 12.1 Å². The van der Waals surface area contributed by atoms with E-state index in [1.54, 1.807) is 0 Å². The summed E-state index contributed by atoms with van der Waals surface area (Å²) in [7, 11) is 0. The van der Waals surface area contributed by atoms with Crippen LogP contribution in [0.15, 0.2) is 12.1 Å². The molecular formula is C9H10ClNO3S. The number of morpholine rings is 1. The van der Waals surface area contributed by atoms with Crippen molar-refractivity contribution in [1.82, 2.24) is 5.32 Å². The third kappa shape index (κ3) is 2.49. The van der Waals surface area contributed by atoms with E-state index in [9.17, 15) is 4.79 Å². The van der Waals surface area contributed by atoms with Gasteiger partial charge in [-0.05, 0) is 12.1 Å². The van der Waals surface area contributed by atoms with Gasteiger partial charge in [0.1, 0.15) is 12.1 Å². The van der Waals surface area contributed by atoms with Crippen molar-refractivity contribution in [1.29, 1.82) is 0 Å². The number of hydrogen-bond donors (Lipinski definition) is 2. The standard InChI is InChI=1S/C9H10ClNO3S/c10-8-2-1-7(15-8)6-3-11-5(4-14-6)9(12)13/h1-2,5-6,11H,3-4H2,(H,12,13). The predicted molar refractivity (Wildman–Crippen MR) is 57.4 cm³/mol. The van der Waals surface area contributed by atoms with E-state index >= 15 is 0 Å². The summed E-state index contributed by atoms with van der Waals surface area (Å²) in [4.78, 5) is 11.7. The molecule has 15 heavy (non-hydrogen) atoms.